The van der Waals surface area contributed by atoms with Crippen molar-refractivity contribution >= 4 is 27.6 Å². The van der Waals surface area contributed by atoms with Crippen LogP contribution in [0.3, 0.4) is 0 Å². The fourth-order valence-corrected chi connectivity index (χ4v) is 3.26. The summed E-state index contributed by atoms with van der Waals surface area (Å²) in [4.78, 5) is 12.1. The van der Waals surface area contributed by atoms with Crippen molar-refractivity contribution in [3.05, 3.63) is 28.7 Å². The third kappa shape index (κ3) is 3.75. The molecular weight excluding hydrogens is 318 g/mol. The van der Waals surface area contributed by atoms with Gasteiger partial charge in [-0.25, -0.2) is 4.79 Å². The molecule has 1 atom stereocenters. The van der Waals surface area contributed by atoms with Crippen molar-refractivity contribution < 1.29 is 9.53 Å². The molecule has 0 amide bonds. The van der Waals surface area contributed by atoms with Gasteiger partial charge in [0.05, 0.1) is 7.11 Å². The number of nitrogens with one attached hydrogen (secondary N) is 1. The van der Waals surface area contributed by atoms with Gasteiger partial charge in [0.2, 0.25) is 0 Å². The fraction of sp³-hybridized carbons (Fsp3) is 0.562. The SMILES string of the molecule is COC(=O)C(Nc1ccccc1Br)C1CCC(C)CC1. The Kier molecular flexibility index (Phi) is 5.46. The molecule has 1 aliphatic rings. The van der Waals surface area contributed by atoms with E-state index in [1.807, 2.05) is 24.3 Å². The summed E-state index contributed by atoms with van der Waals surface area (Å²) in [7, 11) is 1.46. The Labute approximate surface area is 129 Å². The molecule has 1 saturated carbocycles. The topological polar surface area (TPSA) is 38.3 Å². The molecule has 4 heteroatoms. The number of ether oxygens (including phenoxy) is 1. The van der Waals surface area contributed by atoms with Crippen LogP contribution in [0.25, 0.3) is 0 Å². The highest BCUT2D eigenvalue weighted by Crippen LogP contribution is 2.33. The number of rotatable bonds is 4. The van der Waals surface area contributed by atoms with E-state index < -0.39 is 0 Å². The zero-order valence-electron chi connectivity index (χ0n) is 12.1. The molecule has 1 N–H and O–H groups in total. The summed E-state index contributed by atoms with van der Waals surface area (Å²) in [6.07, 6.45) is 4.54. The molecule has 3 nitrogen and oxygen atoms in total. The molecule has 0 spiro atoms. The molecule has 0 aliphatic heterocycles. The van der Waals surface area contributed by atoms with E-state index in [4.69, 9.17) is 4.74 Å². The van der Waals surface area contributed by atoms with Crippen LogP contribution in [-0.4, -0.2) is 19.1 Å². The number of anilines is 1. The van der Waals surface area contributed by atoms with Gasteiger partial charge in [-0.1, -0.05) is 31.9 Å². The minimum Gasteiger partial charge on any atom is -0.467 e. The van der Waals surface area contributed by atoms with Gasteiger partial charge in [0, 0.05) is 10.2 Å². The van der Waals surface area contributed by atoms with Crippen LogP contribution in [0.2, 0.25) is 0 Å². The maximum Gasteiger partial charge on any atom is 0.328 e. The minimum atomic E-state index is -0.258. The number of hydrogen-bond donors (Lipinski definition) is 1. The van der Waals surface area contributed by atoms with Gasteiger partial charge in [0.15, 0.2) is 0 Å². The smallest absolute Gasteiger partial charge is 0.328 e. The summed E-state index contributed by atoms with van der Waals surface area (Å²) in [6, 6.07) is 7.62. The second-order valence-corrected chi connectivity index (χ2v) is 6.50. The lowest BCUT2D eigenvalue weighted by Gasteiger charge is -2.32. The molecule has 0 bridgehead atoms. The van der Waals surface area contributed by atoms with E-state index in [9.17, 15) is 4.79 Å². The predicted octanol–water partition coefficient (Wildman–Crippen LogP) is 4.23. The van der Waals surface area contributed by atoms with E-state index in [-0.39, 0.29) is 12.0 Å². The summed E-state index contributed by atoms with van der Waals surface area (Å²) in [6.45, 7) is 2.28. The number of halogens is 1. The van der Waals surface area contributed by atoms with E-state index in [1.165, 1.54) is 20.0 Å². The highest BCUT2D eigenvalue weighted by molar-refractivity contribution is 9.10. The normalized spacial score (nSPS) is 23.9. The average Bonchev–Trinajstić information content (AvgIpc) is 2.47. The molecule has 0 saturated heterocycles. The fourth-order valence-electron chi connectivity index (χ4n) is 2.86. The summed E-state index contributed by atoms with van der Waals surface area (Å²) in [5, 5.41) is 3.36. The number of para-hydroxylation sites is 1. The Morgan fingerprint density at radius 1 is 1.30 bits per heavy atom. The summed E-state index contributed by atoms with van der Waals surface area (Å²) in [5.74, 6) is 0.957. The molecule has 1 aliphatic carbocycles. The maximum absolute atomic E-state index is 12.1. The number of benzene rings is 1. The van der Waals surface area contributed by atoms with Crippen LogP contribution in [0, 0.1) is 11.8 Å². The highest BCUT2D eigenvalue weighted by Gasteiger charge is 2.32. The Bertz CT molecular complexity index is 456. The number of carbonyl (C=O) groups is 1. The second kappa shape index (κ2) is 7.11. The van der Waals surface area contributed by atoms with Crippen molar-refractivity contribution in [1.29, 1.82) is 0 Å². The zero-order chi connectivity index (χ0) is 14.5. The minimum absolute atomic E-state index is 0.166. The largest absolute Gasteiger partial charge is 0.467 e. The highest BCUT2D eigenvalue weighted by atomic mass is 79.9. The number of hydrogen-bond acceptors (Lipinski definition) is 3. The van der Waals surface area contributed by atoms with Crippen LogP contribution in [-0.2, 0) is 9.53 Å². The van der Waals surface area contributed by atoms with Crippen molar-refractivity contribution in [3.8, 4) is 0 Å². The molecule has 0 aromatic heterocycles. The molecule has 2 rings (SSSR count). The molecule has 0 heterocycles. The predicted molar refractivity (Wildman–Crippen MR) is 84.7 cm³/mol. The molecule has 20 heavy (non-hydrogen) atoms. The van der Waals surface area contributed by atoms with Gasteiger partial charge in [-0.3, -0.25) is 0 Å². The average molecular weight is 340 g/mol. The van der Waals surface area contributed by atoms with Crippen molar-refractivity contribution in [2.24, 2.45) is 11.8 Å². The van der Waals surface area contributed by atoms with Crippen LogP contribution in [0.5, 0.6) is 0 Å². The molecule has 1 fully saturated rings. The first-order valence-electron chi connectivity index (χ1n) is 7.20. The molecule has 1 aromatic carbocycles. The van der Waals surface area contributed by atoms with Crippen LogP contribution in [0.4, 0.5) is 5.69 Å². The number of carbonyl (C=O) groups excluding carboxylic acids is 1. The standard InChI is InChI=1S/C16H22BrNO2/c1-11-7-9-12(10-8-11)15(16(19)20-2)18-14-6-4-3-5-13(14)17/h3-6,11-12,15,18H,7-10H2,1-2H3. The Hall–Kier alpha value is -1.03. The van der Waals surface area contributed by atoms with Crippen LogP contribution < -0.4 is 5.32 Å². The maximum atomic E-state index is 12.1. The van der Waals surface area contributed by atoms with Gasteiger partial charge in [-0.15, -0.1) is 0 Å². The monoisotopic (exact) mass is 339 g/mol. The van der Waals surface area contributed by atoms with Crippen LogP contribution in [0.1, 0.15) is 32.6 Å². The number of methoxy groups -OCH3 is 1. The van der Waals surface area contributed by atoms with E-state index >= 15 is 0 Å². The first kappa shape index (κ1) is 15.4. The van der Waals surface area contributed by atoms with E-state index in [0.717, 1.165) is 28.9 Å². The van der Waals surface area contributed by atoms with Crippen LogP contribution >= 0.6 is 15.9 Å². The van der Waals surface area contributed by atoms with Crippen molar-refractivity contribution in [2.75, 3.05) is 12.4 Å². The first-order chi connectivity index (χ1) is 9.61. The quantitative estimate of drug-likeness (QED) is 0.834. The van der Waals surface area contributed by atoms with E-state index in [2.05, 4.69) is 28.2 Å². The van der Waals surface area contributed by atoms with Crippen molar-refractivity contribution in [3.63, 3.8) is 0 Å². The second-order valence-electron chi connectivity index (χ2n) is 5.64. The lowest BCUT2D eigenvalue weighted by molar-refractivity contribution is -0.143. The van der Waals surface area contributed by atoms with Crippen LogP contribution in [0.15, 0.2) is 28.7 Å². The third-order valence-corrected chi connectivity index (χ3v) is 4.86. The summed E-state index contributed by atoms with van der Waals surface area (Å²) in [5.41, 5.74) is 0.946. The van der Waals surface area contributed by atoms with E-state index in [0.29, 0.717) is 5.92 Å². The van der Waals surface area contributed by atoms with Gasteiger partial charge in [-0.2, -0.15) is 0 Å². The Morgan fingerprint density at radius 2 is 1.95 bits per heavy atom. The summed E-state index contributed by atoms with van der Waals surface area (Å²) >= 11 is 3.51. The lowest BCUT2D eigenvalue weighted by atomic mass is 9.79. The number of esters is 1. The van der Waals surface area contributed by atoms with Gasteiger partial charge in [-0.05, 0) is 52.7 Å². The van der Waals surface area contributed by atoms with Crippen molar-refractivity contribution in [2.45, 2.75) is 38.6 Å². The first-order valence-corrected chi connectivity index (χ1v) is 8.00. The molecule has 1 unspecified atom stereocenters. The van der Waals surface area contributed by atoms with Crippen molar-refractivity contribution in [1.82, 2.24) is 0 Å². The van der Waals surface area contributed by atoms with Gasteiger partial charge < -0.3 is 10.1 Å². The lowest BCUT2D eigenvalue weighted by Crippen LogP contribution is -2.39. The molecule has 1 aromatic rings. The molecular formula is C16H22BrNO2. The summed E-state index contributed by atoms with van der Waals surface area (Å²) < 4.78 is 5.96. The zero-order valence-corrected chi connectivity index (χ0v) is 13.7. The molecule has 0 radical (unpaired) electrons. The Morgan fingerprint density at radius 3 is 2.55 bits per heavy atom. The van der Waals surface area contributed by atoms with Gasteiger partial charge >= 0.3 is 5.97 Å². The third-order valence-electron chi connectivity index (χ3n) is 4.17. The van der Waals surface area contributed by atoms with Gasteiger partial charge in [0.1, 0.15) is 6.04 Å². The van der Waals surface area contributed by atoms with Gasteiger partial charge in [0.25, 0.3) is 0 Å². The van der Waals surface area contributed by atoms with E-state index in [1.54, 1.807) is 0 Å². The molecule has 110 valence electrons. The Balaban J connectivity index is 2.12.